The van der Waals surface area contributed by atoms with Crippen molar-refractivity contribution in [3.8, 4) is 5.88 Å². The fourth-order valence-corrected chi connectivity index (χ4v) is 1.79. The summed E-state index contributed by atoms with van der Waals surface area (Å²) >= 11 is 0. The number of likely N-dealkylation sites (N-methyl/N-ethyl adjacent to an activating group) is 1. The Labute approximate surface area is 113 Å². The molecule has 0 amide bonds. The molecule has 2 aromatic rings. The highest BCUT2D eigenvalue weighted by atomic mass is 16.5. The number of methoxy groups -OCH3 is 1. The molecule has 19 heavy (non-hydrogen) atoms. The van der Waals surface area contributed by atoms with Crippen molar-refractivity contribution in [1.29, 1.82) is 0 Å². The second kappa shape index (κ2) is 6.04. The molecule has 0 radical (unpaired) electrons. The summed E-state index contributed by atoms with van der Waals surface area (Å²) in [6, 6.07) is 12.1. The van der Waals surface area contributed by atoms with Gasteiger partial charge in [-0.1, -0.05) is 30.3 Å². The quantitative estimate of drug-likeness (QED) is 0.885. The molecule has 0 unspecified atom stereocenters. The molecule has 2 rings (SSSR count). The predicted octanol–water partition coefficient (Wildman–Crippen LogP) is 1.75. The van der Waals surface area contributed by atoms with Crippen LogP contribution in [0.25, 0.3) is 0 Å². The highest BCUT2D eigenvalue weighted by Gasteiger charge is 2.07. The van der Waals surface area contributed by atoms with Crippen LogP contribution >= 0.6 is 0 Å². The maximum atomic E-state index is 5.65. The fourth-order valence-electron chi connectivity index (χ4n) is 1.79. The molecule has 0 bridgehead atoms. The van der Waals surface area contributed by atoms with Crippen molar-refractivity contribution >= 4 is 11.8 Å². The van der Waals surface area contributed by atoms with Gasteiger partial charge in [0.25, 0.3) is 0 Å². The molecule has 0 fully saturated rings. The lowest BCUT2D eigenvalue weighted by Gasteiger charge is -2.18. The Morgan fingerprint density at radius 1 is 1.21 bits per heavy atom. The maximum absolute atomic E-state index is 5.65. The van der Waals surface area contributed by atoms with Gasteiger partial charge in [0.2, 0.25) is 11.8 Å². The number of benzene rings is 1. The third-order valence-corrected chi connectivity index (χ3v) is 2.89. The van der Waals surface area contributed by atoms with Gasteiger partial charge in [0, 0.05) is 19.7 Å². The van der Waals surface area contributed by atoms with Crippen molar-refractivity contribution in [3.63, 3.8) is 0 Å². The predicted molar refractivity (Wildman–Crippen MR) is 76.4 cm³/mol. The fraction of sp³-hybridized carbons (Fsp3) is 0.286. The number of nitrogens with two attached hydrogens (primary N) is 1. The Kier molecular flexibility index (Phi) is 4.18. The number of ether oxygens (including phenoxy) is 1. The van der Waals surface area contributed by atoms with Crippen LogP contribution in [0.1, 0.15) is 5.56 Å². The summed E-state index contributed by atoms with van der Waals surface area (Å²) in [5, 5.41) is 0. The molecule has 100 valence electrons. The van der Waals surface area contributed by atoms with Crippen molar-refractivity contribution in [2.75, 3.05) is 31.3 Å². The van der Waals surface area contributed by atoms with E-state index in [1.54, 1.807) is 13.2 Å². The van der Waals surface area contributed by atoms with Crippen LogP contribution in [0.5, 0.6) is 5.88 Å². The van der Waals surface area contributed by atoms with Crippen LogP contribution in [0.2, 0.25) is 0 Å². The second-order valence-electron chi connectivity index (χ2n) is 4.28. The van der Waals surface area contributed by atoms with Gasteiger partial charge in [-0.15, -0.1) is 0 Å². The van der Waals surface area contributed by atoms with Crippen LogP contribution in [0.3, 0.4) is 0 Å². The van der Waals surface area contributed by atoms with Gasteiger partial charge in [-0.05, 0) is 12.0 Å². The molecular weight excluding hydrogens is 240 g/mol. The van der Waals surface area contributed by atoms with E-state index in [1.165, 1.54) is 5.56 Å². The average Bonchev–Trinajstić information content (AvgIpc) is 2.45. The normalized spacial score (nSPS) is 10.2. The van der Waals surface area contributed by atoms with E-state index in [0.29, 0.717) is 5.88 Å². The van der Waals surface area contributed by atoms with E-state index >= 15 is 0 Å². The molecule has 0 aliphatic heterocycles. The van der Waals surface area contributed by atoms with Gasteiger partial charge in [0.05, 0.1) is 7.11 Å². The first kappa shape index (κ1) is 13.1. The third-order valence-electron chi connectivity index (χ3n) is 2.89. The van der Waals surface area contributed by atoms with Crippen LogP contribution in [-0.4, -0.2) is 30.7 Å². The number of nitrogen functional groups attached to an aromatic ring is 1. The molecule has 0 aliphatic rings. The molecule has 5 nitrogen and oxygen atoms in total. The maximum Gasteiger partial charge on any atom is 0.225 e. The van der Waals surface area contributed by atoms with Crippen LogP contribution in [0, 0.1) is 0 Å². The summed E-state index contributed by atoms with van der Waals surface area (Å²) in [7, 11) is 3.54. The van der Waals surface area contributed by atoms with Gasteiger partial charge >= 0.3 is 0 Å². The molecule has 1 aromatic heterocycles. The van der Waals surface area contributed by atoms with Gasteiger partial charge < -0.3 is 15.4 Å². The van der Waals surface area contributed by atoms with Gasteiger partial charge in [0.1, 0.15) is 5.82 Å². The summed E-state index contributed by atoms with van der Waals surface area (Å²) < 4.78 is 5.09. The van der Waals surface area contributed by atoms with Crippen molar-refractivity contribution in [2.24, 2.45) is 0 Å². The van der Waals surface area contributed by atoms with Gasteiger partial charge in [-0.25, -0.2) is 0 Å². The lowest BCUT2D eigenvalue weighted by molar-refractivity contribution is 0.397. The topological polar surface area (TPSA) is 64.3 Å². The Morgan fingerprint density at radius 2 is 1.95 bits per heavy atom. The monoisotopic (exact) mass is 258 g/mol. The van der Waals surface area contributed by atoms with Crippen LogP contribution in [0.4, 0.5) is 11.8 Å². The van der Waals surface area contributed by atoms with Crippen LogP contribution < -0.4 is 15.4 Å². The minimum atomic E-state index is 0.223. The molecule has 1 heterocycles. The lowest BCUT2D eigenvalue weighted by Crippen LogP contribution is -2.22. The number of rotatable bonds is 5. The second-order valence-corrected chi connectivity index (χ2v) is 4.28. The first-order chi connectivity index (χ1) is 9.19. The molecule has 0 aliphatic carbocycles. The van der Waals surface area contributed by atoms with Crippen molar-refractivity contribution in [3.05, 3.63) is 42.0 Å². The summed E-state index contributed by atoms with van der Waals surface area (Å²) in [6.45, 7) is 0.851. The number of aromatic nitrogens is 2. The summed E-state index contributed by atoms with van der Waals surface area (Å²) in [6.07, 6.45) is 0.948. The van der Waals surface area contributed by atoms with Crippen LogP contribution in [0.15, 0.2) is 36.4 Å². The largest absolute Gasteiger partial charge is 0.481 e. The zero-order chi connectivity index (χ0) is 13.7. The van der Waals surface area contributed by atoms with E-state index in [2.05, 4.69) is 22.1 Å². The van der Waals surface area contributed by atoms with Crippen molar-refractivity contribution < 1.29 is 4.74 Å². The minimum Gasteiger partial charge on any atom is -0.481 e. The highest BCUT2D eigenvalue weighted by Crippen LogP contribution is 2.17. The van der Waals surface area contributed by atoms with E-state index in [0.717, 1.165) is 18.8 Å². The number of hydrogen-bond acceptors (Lipinski definition) is 5. The zero-order valence-corrected chi connectivity index (χ0v) is 11.2. The molecular formula is C14H18N4O. The summed E-state index contributed by atoms with van der Waals surface area (Å²) in [5.74, 6) is 1.47. The van der Waals surface area contributed by atoms with Gasteiger partial charge in [-0.2, -0.15) is 9.97 Å². The Balaban J connectivity index is 2.03. The number of anilines is 2. The molecule has 0 saturated carbocycles. The van der Waals surface area contributed by atoms with Crippen LogP contribution in [-0.2, 0) is 6.42 Å². The first-order valence-electron chi connectivity index (χ1n) is 6.12. The van der Waals surface area contributed by atoms with Crippen molar-refractivity contribution in [2.45, 2.75) is 6.42 Å². The summed E-state index contributed by atoms with van der Waals surface area (Å²) in [4.78, 5) is 10.2. The first-order valence-corrected chi connectivity index (χ1v) is 6.12. The van der Waals surface area contributed by atoms with E-state index in [-0.39, 0.29) is 5.95 Å². The molecule has 0 atom stereocenters. The highest BCUT2D eigenvalue weighted by molar-refractivity contribution is 5.44. The van der Waals surface area contributed by atoms with E-state index in [1.807, 2.05) is 30.1 Å². The SMILES string of the molecule is COc1cc(N(C)CCc2ccccc2)nc(N)n1. The standard InChI is InChI=1S/C14H18N4O/c1-18(9-8-11-6-4-3-5-7-11)12-10-13(19-2)17-14(15)16-12/h3-7,10H,8-9H2,1-2H3,(H2,15,16,17). The molecule has 0 saturated heterocycles. The Hall–Kier alpha value is -2.30. The van der Waals surface area contributed by atoms with Gasteiger partial charge in [0.15, 0.2) is 0 Å². The lowest BCUT2D eigenvalue weighted by atomic mass is 10.1. The Morgan fingerprint density at radius 3 is 2.63 bits per heavy atom. The molecule has 2 N–H and O–H groups in total. The average molecular weight is 258 g/mol. The smallest absolute Gasteiger partial charge is 0.225 e. The van der Waals surface area contributed by atoms with Crippen molar-refractivity contribution in [1.82, 2.24) is 9.97 Å². The molecule has 1 aromatic carbocycles. The molecule has 0 spiro atoms. The zero-order valence-electron chi connectivity index (χ0n) is 11.2. The Bertz CT molecular complexity index is 530. The minimum absolute atomic E-state index is 0.223. The third kappa shape index (κ3) is 3.58. The number of nitrogens with zero attached hydrogens (tertiary/aromatic N) is 3. The molecule has 5 heteroatoms. The number of hydrogen-bond donors (Lipinski definition) is 1. The van der Waals surface area contributed by atoms with E-state index in [9.17, 15) is 0 Å². The summed E-state index contributed by atoms with van der Waals surface area (Å²) in [5.41, 5.74) is 6.95. The van der Waals surface area contributed by atoms with Gasteiger partial charge in [-0.3, -0.25) is 0 Å². The van der Waals surface area contributed by atoms with E-state index < -0.39 is 0 Å². The van der Waals surface area contributed by atoms with E-state index in [4.69, 9.17) is 10.5 Å².